The Bertz CT molecular complexity index is 1430. The Balaban J connectivity index is 0.00000529. The highest BCUT2D eigenvalue weighted by atomic mass is 35.5. The van der Waals surface area contributed by atoms with Crippen molar-refractivity contribution < 1.29 is 23.4 Å². The van der Waals surface area contributed by atoms with Gasteiger partial charge in [-0.2, -0.15) is 0 Å². The first kappa shape index (κ1) is 34.7. The molecular formula is C36H45ClN2O5. The molecule has 0 saturated heterocycles. The smallest absolute Gasteiger partial charge is 0.350 e. The minimum Gasteiger partial charge on any atom is -0.493 e. The first-order chi connectivity index (χ1) is 20.7. The van der Waals surface area contributed by atoms with Gasteiger partial charge in [-0.05, 0) is 94.7 Å². The molecule has 0 amide bonds. The highest BCUT2D eigenvalue weighted by Gasteiger charge is 2.33. The lowest BCUT2D eigenvalue weighted by atomic mass is 10.0. The van der Waals surface area contributed by atoms with Gasteiger partial charge in [-0.1, -0.05) is 56.3 Å². The summed E-state index contributed by atoms with van der Waals surface area (Å²) >= 11 is 0. The van der Waals surface area contributed by atoms with Crippen molar-refractivity contribution in [2.75, 3.05) is 26.2 Å². The number of nitrogens with zero attached hydrogens (tertiary/aromatic N) is 2. The van der Waals surface area contributed by atoms with Crippen LogP contribution in [0.5, 0.6) is 11.5 Å². The molecule has 44 heavy (non-hydrogen) atoms. The third-order valence-corrected chi connectivity index (χ3v) is 7.48. The summed E-state index contributed by atoms with van der Waals surface area (Å²) in [6.45, 7) is 14.9. The largest absolute Gasteiger partial charge is 0.493 e. The second-order valence-corrected chi connectivity index (χ2v) is 11.2. The van der Waals surface area contributed by atoms with Crippen molar-refractivity contribution >= 4 is 18.4 Å². The van der Waals surface area contributed by atoms with Gasteiger partial charge in [-0.15, -0.1) is 12.4 Å². The standard InChI is InChI=1S/C36H44N2O5.ClH/c1-7-38(8-2)24-22-26(3)41-35(39)36(5,6)43-32-20-18-31(19-21-32)40-25-23-33-27(4)42-34(37-33)30-16-14-29(15-17-30)28-12-10-9-11-13-28;/h9-21,26H,7-8,22-25H2,1-6H3;1H. The number of aryl methyl sites for hydroxylation is 1. The Morgan fingerprint density at radius 2 is 1.48 bits per heavy atom. The van der Waals surface area contributed by atoms with Crippen molar-refractivity contribution in [2.45, 2.75) is 66.1 Å². The van der Waals surface area contributed by atoms with Crippen LogP contribution in [-0.4, -0.2) is 53.8 Å². The molecule has 236 valence electrons. The molecule has 7 nitrogen and oxygen atoms in total. The van der Waals surface area contributed by atoms with Crippen molar-refractivity contribution in [1.82, 2.24) is 9.88 Å². The van der Waals surface area contributed by atoms with Crippen molar-refractivity contribution in [3.63, 3.8) is 0 Å². The van der Waals surface area contributed by atoms with Gasteiger partial charge in [0.05, 0.1) is 12.3 Å². The summed E-state index contributed by atoms with van der Waals surface area (Å²) in [6, 6.07) is 25.8. The van der Waals surface area contributed by atoms with E-state index in [1.165, 1.54) is 5.56 Å². The molecule has 4 rings (SSSR count). The minimum atomic E-state index is -1.12. The molecule has 0 spiro atoms. The lowest BCUT2D eigenvalue weighted by molar-refractivity contribution is -0.164. The molecule has 0 aliphatic carbocycles. The van der Waals surface area contributed by atoms with Crippen LogP contribution < -0.4 is 9.47 Å². The second-order valence-electron chi connectivity index (χ2n) is 11.2. The number of benzene rings is 3. The topological polar surface area (TPSA) is 74.0 Å². The molecule has 8 heteroatoms. The normalized spacial score (nSPS) is 12.0. The van der Waals surface area contributed by atoms with Gasteiger partial charge in [-0.3, -0.25) is 0 Å². The Morgan fingerprint density at radius 1 is 0.886 bits per heavy atom. The molecule has 1 heterocycles. The molecule has 0 aliphatic rings. The van der Waals surface area contributed by atoms with E-state index in [0.29, 0.717) is 30.4 Å². The first-order valence-electron chi connectivity index (χ1n) is 15.2. The SMILES string of the molecule is CCN(CC)CCC(C)OC(=O)C(C)(C)Oc1ccc(OCCc2nc(-c3ccc(-c4ccccc4)cc3)oc2C)cc1.Cl. The number of carbonyl (C=O) groups is 1. The van der Waals surface area contributed by atoms with Crippen molar-refractivity contribution in [1.29, 1.82) is 0 Å². The lowest BCUT2D eigenvalue weighted by Crippen LogP contribution is -2.41. The molecule has 3 aromatic carbocycles. The molecule has 1 aromatic heterocycles. The molecule has 0 N–H and O–H groups in total. The van der Waals surface area contributed by atoms with Gasteiger partial charge in [0, 0.05) is 18.5 Å². The second kappa shape index (κ2) is 16.3. The van der Waals surface area contributed by atoms with Crippen LogP contribution in [0, 0.1) is 6.92 Å². The van der Waals surface area contributed by atoms with Gasteiger partial charge in [0.15, 0.2) is 5.60 Å². The number of rotatable bonds is 15. The number of oxazole rings is 1. The number of esters is 1. The van der Waals surface area contributed by atoms with Gasteiger partial charge in [0.2, 0.25) is 5.89 Å². The van der Waals surface area contributed by atoms with Gasteiger partial charge < -0.3 is 23.5 Å². The maximum absolute atomic E-state index is 12.8. The Morgan fingerprint density at radius 3 is 2.11 bits per heavy atom. The van der Waals surface area contributed by atoms with Crippen molar-refractivity contribution in [2.24, 2.45) is 0 Å². The van der Waals surface area contributed by atoms with Gasteiger partial charge in [0.1, 0.15) is 23.4 Å². The molecule has 0 fully saturated rings. The zero-order chi connectivity index (χ0) is 30.8. The zero-order valence-electron chi connectivity index (χ0n) is 26.7. The minimum absolute atomic E-state index is 0. The van der Waals surface area contributed by atoms with Crippen LogP contribution in [0.3, 0.4) is 0 Å². The van der Waals surface area contributed by atoms with E-state index in [1.54, 1.807) is 26.0 Å². The van der Waals surface area contributed by atoms with E-state index in [-0.39, 0.29) is 24.5 Å². The summed E-state index contributed by atoms with van der Waals surface area (Å²) in [4.78, 5) is 19.8. The highest BCUT2D eigenvalue weighted by molar-refractivity contribution is 5.85. The molecular weight excluding hydrogens is 576 g/mol. The van der Waals surface area contributed by atoms with Crippen molar-refractivity contribution in [3.8, 4) is 34.1 Å². The summed E-state index contributed by atoms with van der Waals surface area (Å²) in [7, 11) is 0. The average molecular weight is 621 g/mol. The van der Waals surface area contributed by atoms with E-state index in [4.69, 9.17) is 23.6 Å². The third kappa shape index (κ3) is 9.60. The van der Waals surface area contributed by atoms with Crippen LogP contribution in [0.25, 0.3) is 22.6 Å². The predicted octanol–water partition coefficient (Wildman–Crippen LogP) is 8.18. The van der Waals surface area contributed by atoms with Gasteiger partial charge in [0.25, 0.3) is 0 Å². The van der Waals surface area contributed by atoms with E-state index in [9.17, 15) is 4.79 Å². The molecule has 0 saturated carbocycles. The molecule has 0 bridgehead atoms. The van der Waals surface area contributed by atoms with E-state index in [2.05, 4.69) is 43.0 Å². The number of carbonyl (C=O) groups excluding carboxylic acids is 1. The average Bonchev–Trinajstić information content (AvgIpc) is 3.39. The number of hydrogen-bond acceptors (Lipinski definition) is 7. The third-order valence-electron chi connectivity index (χ3n) is 7.48. The van der Waals surface area contributed by atoms with E-state index < -0.39 is 5.60 Å². The van der Waals surface area contributed by atoms with Crippen LogP contribution in [0.2, 0.25) is 0 Å². The van der Waals surface area contributed by atoms with Crippen LogP contribution in [0.4, 0.5) is 0 Å². The van der Waals surface area contributed by atoms with E-state index >= 15 is 0 Å². The van der Waals surface area contributed by atoms with E-state index in [1.807, 2.05) is 56.3 Å². The number of hydrogen-bond donors (Lipinski definition) is 0. The molecule has 4 aromatic rings. The zero-order valence-corrected chi connectivity index (χ0v) is 27.5. The maximum atomic E-state index is 12.8. The lowest BCUT2D eigenvalue weighted by Gasteiger charge is -2.27. The van der Waals surface area contributed by atoms with Crippen LogP contribution >= 0.6 is 12.4 Å². The summed E-state index contributed by atoms with van der Waals surface area (Å²) in [5.41, 5.74) is 3.01. The van der Waals surface area contributed by atoms with Crippen molar-refractivity contribution in [3.05, 3.63) is 90.3 Å². The number of halogens is 1. The van der Waals surface area contributed by atoms with E-state index in [0.717, 1.165) is 48.6 Å². The van der Waals surface area contributed by atoms with Crippen LogP contribution in [0.15, 0.2) is 83.3 Å². The summed E-state index contributed by atoms with van der Waals surface area (Å²) in [5.74, 6) is 2.28. The summed E-state index contributed by atoms with van der Waals surface area (Å²) in [5, 5.41) is 0. The molecule has 0 aliphatic heterocycles. The molecule has 1 atom stereocenters. The summed E-state index contributed by atoms with van der Waals surface area (Å²) in [6.07, 6.45) is 1.21. The fourth-order valence-electron chi connectivity index (χ4n) is 4.71. The van der Waals surface area contributed by atoms with Crippen LogP contribution in [-0.2, 0) is 16.0 Å². The van der Waals surface area contributed by atoms with Gasteiger partial charge in [-0.25, -0.2) is 9.78 Å². The highest BCUT2D eigenvalue weighted by Crippen LogP contribution is 2.27. The fraction of sp³-hybridized carbons (Fsp3) is 0.389. The summed E-state index contributed by atoms with van der Waals surface area (Å²) < 4.78 is 23.6. The predicted molar refractivity (Wildman–Crippen MR) is 178 cm³/mol. The first-order valence-corrected chi connectivity index (χ1v) is 15.2. The molecule has 0 radical (unpaired) electrons. The Hall–Kier alpha value is -3.81. The number of ether oxygens (including phenoxy) is 3. The monoisotopic (exact) mass is 620 g/mol. The quantitative estimate of drug-likeness (QED) is 0.124. The number of aromatic nitrogens is 1. The Kier molecular flexibility index (Phi) is 12.9. The molecule has 1 unspecified atom stereocenters. The van der Waals surface area contributed by atoms with Crippen LogP contribution in [0.1, 0.15) is 52.5 Å². The maximum Gasteiger partial charge on any atom is 0.350 e. The van der Waals surface area contributed by atoms with Gasteiger partial charge >= 0.3 is 5.97 Å². The Labute approximate surface area is 268 Å². The fourth-order valence-corrected chi connectivity index (χ4v) is 4.71.